The van der Waals surface area contributed by atoms with Crippen molar-refractivity contribution in [2.75, 3.05) is 0 Å². The first-order valence-electron chi connectivity index (χ1n) is 9.20. The fourth-order valence-corrected chi connectivity index (χ4v) is 4.90. The molecule has 0 bridgehead atoms. The molecule has 0 spiro atoms. The van der Waals surface area contributed by atoms with Crippen molar-refractivity contribution in [3.8, 4) is 6.07 Å². The third kappa shape index (κ3) is 3.64. The highest BCUT2D eigenvalue weighted by atomic mass is 14.5. The summed E-state index contributed by atoms with van der Waals surface area (Å²) in [7, 11) is 0. The maximum atomic E-state index is 9.58. The molecule has 0 aromatic rings. The molecule has 1 nitrogen and oxygen atoms in total. The zero-order valence-corrected chi connectivity index (χ0v) is 14.9. The SMILES string of the molecule is CC(C)C1(C#N)CCC(C2CCC(C(C)(C)C)CC2)CC1. The predicted octanol–water partition coefficient (Wildman–Crippen LogP) is 6.20. The van der Waals surface area contributed by atoms with E-state index < -0.39 is 0 Å². The van der Waals surface area contributed by atoms with E-state index in [1.54, 1.807) is 0 Å². The number of rotatable bonds is 2. The molecule has 2 aliphatic rings. The summed E-state index contributed by atoms with van der Waals surface area (Å²) in [6, 6.07) is 2.67. The smallest absolute Gasteiger partial charge is 0.0692 e. The minimum Gasteiger partial charge on any atom is -0.198 e. The van der Waals surface area contributed by atoms with Gasteiger partial charge in [-0.3, -0.25) is 0 Å². The summed E-state index contributed by atoms with van der Waals surface area (Å²) in [5.74, 6) is 3.30. The van der Waals surface area contributed by atoms with E-state index in [9.17, 15) is 5.26 Å². The monoisotopic (exact) mass is 289 g/mol. The van der Waals surface area contributed by atoms with Crippen LogP contribution in [0.15, 0.2) is 0 Å². The molecule has 0 aliphatic heterocycles. The number of nitrogens with zero attached hydrogens (tertiary/aromatic N) is 1. The van der Waals surface area contributed by atoms with Crippen LogP contribution in [0.4, 0.5) is 0 Å². The summed E-state index contributed by atoms with van der Waals surface area (Å²) < 4.78 is 0. The minimum atomic E-state index is -0.0148. The van der Waals surface area contributed by atoms with E-state index in [1.807, 2.05) is 0 Å². The first-order chi connectivity index (χ1) is 9.78. The van der Waals surface area contributed by atoms with Gasteiger partial charge < -0.3 is 0 Å². The Kier molecular flexibility index (Phi) is 5.07. The van der Waals surface area contributed by atoms with Crippen LogP contribution in [0.25, 0.3) is 0 Å². The largest absolute Gasteiger partial charge is 0.198 e. The maximum absolute atomic E-state index is 9.58. The van der Waals surface area contributed by atoms with Crippen LogP contribution in [0.3, 0.4) is 0 Å². The van der Waals surface area contributed by atoms with Crippen LogP contribution in [0.5, 0.6) is 0 Å². The van der Waals surface area contributed by atoms with Gasteiger partial charge in [-0.1, -0.05) is 34.6 Å². The lowest BCUT2D eigenvalue weighted by Crippen LogP contribution is -2.35. The number of hydrogen-bond acceptors (Lipinski definition) is 1. The Balaban J connectivity index is 1.86. The lowest BCUT2D eigenvalue weighted by molar-refractivity contribution is 0.0763. The van der Waals surface area contributed by atoms with Gasteiger partial charge in [-0.2, -0.15) is 5.26 Å². The fraction of sp³-hybridized carbons (Fsp3) is 0.950. The van der Waals surface area contributed by atoms with Crippen LogP contribution >= 0.6 is 0 Å². The Morgan fingerprint density at radius 2 is 1.38 bits per heavy atom. The molecule has 2 saturated carbocycles. The van der Waals surface area contributed by atoms with Gasteiger partial charge in [0, 0.05) is 0 Å². The van der Waals surface area contributed by atoms with Crippen molar-refractivity contribution in [3.63, 3.8) is 0 Å². The van der Waals surface area contributed by atoms with Crippen LogP contribution in [0.2, 0.25) is 0 Å². The lowest BCUT2D eigenvalue weighted by atomic mass is 9.60. The van der Waals surface area contributed by atoms with E-state index in [1.165, 1.54) is 38.5 Å². The van der Waals surface area contributed by atoms with Crippen molar-refractivity contribution < 1.29 is 0 Å². The molecule has 0 N–H and O–H groups in total. The summed E-state index contributed by atoms with van der Waals surface area (Å²) in [5.41, 5.74) is 0.476. The third-order valence-electron chi connectivity index (χ3n) is 6.91. The second kappa shape index (κ2) is 6.31. The highest BCUT2D eigenvalue weighted by Gasteiger charge is 2.41. The molecule has 0 aromatic carbocycles. The van der Waals surface area contributed by atoms with Gasteiger partial charge in [0.1, 0.15) is 0 Å². The van der Waals surface area contributed by atoms with Crippen LogP contribution in [-0.4, -0.2) is 0 Å². The highest BCUT2D eigenvalue weighted by molar-refractivity contribution is 5.04. The van der Waals surface area contributed by atoms with Crippen molar-refractivity contribution in [3.05, 3.63) is 0 Å². The molecule has 0 saturated heterocycles. The molecule has 1 heteroatoms. The van der Waals surface area contributed by atoms with Crippen molar-refractivity contribution in [1.29, 1.82) is 5.26 Å². The predicted molar refractivity (Wildman–Crippen MR) is 89.7 cm³/mol. The second-order valence-corrected chi connectivity index (χ2v) is 9.24. The molecular weight excluding hydrogens is 254 g/mol. The van der Waals surface area contributed by atoms with E-state index in [-0.39, 0.29) is 5.41 Å². The second-order valence-electron chi connectivity index (χ2n) is 9.24. The van der Waals surface area contributed by atoms with Gasteiger partial charge in [-0.05, 0) is 80.5 Å². The molecule has 0 unspecified atom stereocenters. The molecule has 0 radical (unpaired) electrons. The first-order valence-corrected chi connectivity index (χ1v) is 9.20. The normalized spacial score (nSPS) is 38.2. The quantitative estimate of drug-likeness (QED) is 0.594. The molecule has 2 aliphatic carbocycles. The molecule has 0 atom stereocenters. The summed E-state index contributed by atoms with van der Waals surface area (Å²) >= 11 is 0. The topological polar surface area (TPSA) is 23.8 Å². The summed E-state index contributed by atoms with van der Waals surface area (Å²) in [6.07, 6.45) is 10.6. The van der Waals surface area contributed by atoms with Crippen LogP contribution < -0.4 is 0 Å². The average Bonchev–Trinajstić information content (AvgIpc) is 2.46. The molecule has 2 fully saturated rings. The fourth-order valence-electron chi connectivity index (χ4n) is 4.90. The van der Waals surface area contributed by atoms with Gasteiger partial charge in [0.2, 0.25) is 0 Å². The molecule has 120 valence electrons. The van der Waals surface area contributed by atoms with Crippen LogP contribution in [0, 0.1) is 45.8 Å². The van der Waals surface area contributed by atoms with Crippen LogP contribution in [-0.2, 0) is 0 Å². The van der Waals surface area contributed by atoms with E-state index >= 15 is 0 Å². The van der Waals surface area contributed by atoms with E-state index in [2.05, 4.69) is 40.7 Å². The van der Waals surface area contributed by atoms with E-state index in [0.717, 1.165) is 30.6 Å². The standard InChI is InChI=1S/C20H35N/c1-15(2)20(14-21)12-10-17(11-13-20)16-6-8-18(9-7-16)19(3,4)5/h15-18H,6-13H2,1-5H3. The van der Waals surface area contributed by atoms with Crippen LogP contribution in [0.1, 0.15) is 86.0 Å². The lowest BCUT2D eigenvalue weighted by Gasteiger charge is -2.44. The molecular formula is C20H35N. The average molecular weight is 290 g/mol. The van der Waals surface area contributed by atoms with Crippen molar-refractivity contribution in [2.45, 2.75) is 86.0 Å². The van der Waals surface area contributed by atoms with Gasteiger partial charge in [0.15, 0.2) is 0 Å². The van der Waals surface area contributed by atoms with Gasteiger partial charge >= 0.3 is 0 Å². The Hall–Kier alpha value is -0.510. The van der Waals surface area contributed by atoms with Gasteiger partial charge in [0.05, 0.1) is 11.5 Å². The first kappa shape index (κ1) is 16.9. The molecule has 0 aromatic heterocycles. The minimum absolute atomic E-state index is 0.0148. The third-order valence-corrected chi connectivity index (χ3v) is 6.91. The van der Waals surface area contributed by atoms with Crippen molar-refractivity contribution >= 4 is 0 Å². The summed E-state index contributed by atoms with van der Waals surface area (Å²) in [4.78, 5) is 0. The molecule has 2 rings (SSSR count). The Morgan fingerprint density at radius 1 is 0.905 bits per heavy atom. The van der Waals surface area contributed by atoms with E-state index in [4.69, 9.17) is 0 Å². The summed E-state index contributed by atoms with van der Waals surface area (Å²) in [6.45, 7) is 11.7. The zero-order chi connectivity index (χ0) is 15.7. The molecule has 0 heterocycles. The van der Waals surface area contributed by atoms with Gasteiger partial charge in [0.25, 0.3) is 0 Å². The Morgan fingerprint density at radius 3 is 1.76 bits per heavy atom. The van der Waals surface area contributed by atoms with Crippen molar-refractivity contribution in [2.24, 2.45) is 34.5 Å². The zero-order valence-electron chi connectivity index (χ0n) is 14.9. The Bertz CT molecular complexity index is 366. The maximum Gasteiger partial charge on any atom is 0.0692 e. The number of hydrogen-bond donors (Lipinski definition) is 0. The molecule has 0 amide bonds. The summed E-state index contributed by atoms with van der Waals surface area (Å²) in [5, 5.41) is 9.58. The van der Waals surface area contributed by atoms with Crippen molar-refractivity contribution in [1.82, 2.24) is 0 Å². The molecule has 21 heavy (non-hydrogen) atoms. The van der Waals surface area contributed by atoms with Gasteiger partial charge in [-0.25, -0.2) is 0 Å². The van der Waals surface area contributed by atoms with E-state index in [0.29, 0.717) is 11.3 Å². The van der Waals surface area contributed by atoms with Gasteiger partial charge in [-0.15, -0.1) is 0 Å². The Labute approximate surface area is 132 Å². The highest BCUT2D eigenvalue weighted by Crippen LogP contribution is 2.49. The number of nitriles is 1.